The van der Waals surface area contributed by atoms with Crippen LogP contribution in [0.5, 0.6) is 5.75 Å². The van der Waals surface area contributed by atoms with Gasteiger partial charge in [-0.3, -0.25) is 4.79 Å². The van der Waals surface area contributed by atoms with Crippen LogP contribution < -0.4 is 10.1 Å². The van der Waals surface area contributed by atoms with Gasteiger partial charge >= 0.3 is 6.18 Å². The number of aryl methyl sites for hydroxylation is 1. The molecule has 1 amide bonds. The number of hydrogen-bond acceptors (Lipinski definition) is 3. The molecule has 1 atom stereocenters. The monoisotopic (exact) mass is 361 g/mol. The fourth-order valence-corrected chi connectivity index (χ4v) is 2.34. The van der Waals surface area contributed by atoms with Gasteiger partial charge in [0.05, 0.1) is 0 Å². The third-order valence-corrected chi connectivity index (χ3v) is 3.58. The molecule has 0 saturated carbocycles. The summed E-state index contributed by atoms with van der Waals surface area (Å²) in [5, 5.41) is 2.62. The summed E-state index contributed by atoms with van der Waals surface area (Å²) in [5.74, 6) is 0.703. The predicted molar refractivity (Wildman–Crippen MR) is 89.9 cm³/mol. The number of hydrogen-bond donors (Lipinski definition) is 1. The van der Waals surface area contributed by atoms with Crippen LogP contribution in [0.2, 0.25) is 0 Å². The zero-order valence-corrected chi connectivity index (χ0v) is 15.1. The van der Waals surface area contributed by atoms with Crippen molar-refractivity contribution in [1.29, 1.82) is 0 Å². The quantitative estimate of drug-likeness (QED) is 0.677. The van der Waals surface area contributed by atoms with E-state index in [1.807, 2.05) is 25.1 Å². The molecule has 0 aromatic heterocycles. The van der Waals surface area contributed by atoms with Crippen LogP contribution in [0.15, 0.2) is 18.2 Å². The SMILES string of the molecule is Cc1cc(OC(C)C(=O)NCCCOCC(F)(F)F)ccc1C(C)C. The molecule has 0 aliphatic carbocycles. The fourth-order valence-electron chi connectivity index (χ4n) is 2.34. The minimum absolute atomic E-state index is 0.0646. The normalized spacial score (nSPS) is 13.0. The summed E-state index contributed by atoms with van der Waals surface area (Å²) < 4.78 is 45.8. The molecule has 0 spiro atoms. The average molecular weight is 361 g/mol. The topological polar surface area (TPSA) is 47.6 Å². The van der Waals surface area contributed by atoms with Gasteiger partial charge in [0.15, 0.2) is 6.10 Å². The van der Waals surface area contributed by atoms with Gasteiger partial charge in [-0.15, -0.1) is 0 Å². The van der Waals surface area contributed by atoms with Crippen molar-refractivity contribution in [1.82, 2.24) is 5.32 Å². The van der Waals surface area contributed by atoms with E-state index in [1.165, 1.54) is 5.56 Å². The highest BCUT2D eigenvalue weighted by molar-refractivity contribution is 5.80. The lowest BCUT2D eigenvalue weighted by Crippen LogP contribution is -2.37. The minimum atomic E-state index is -4.32. The molecular formula is C18H26F3NO3. The van der Waals surface area contributed by atoms with Crippen molar-refractivity contribution in [2.45, 2.75) is 52.3 Å². The van der Waals surface area contributed by atoms with Crippen LogP contribution >= 0.6 is 0 Å². The Morgan fingerprint density at radius 1 is 1.24 bits per heavy atom. The van der Waals surface area contributed by atoms with Crippen LogP contribution in [0.3, 0.4) is 0 Å². The van der Waals surface area contributed by atoms with Gasteiger partial charge in [-0.05, 0) is 49.4 Å². The summed E-state index contributed by atoms with van der Waals surface area (Å²) in [6.45, 7) is 6.73. The standard InChI is InChI=1S/C18H26F3NO3/c1-12(2)16-7-6-15(10-13(16)3)25-14(4)17(23)22-8-5-9-24-11-18(19,20)21/h6-7,10,12,14H,5,8-9,11H2,1-4H3,(H,22,23). The van der Waals surface area contributed by atoms with Crippen LogP contribution in [0, 0.1) is 6.92 Å². The number of rotatable bonds is 9. The average Bonchev–Trinajstić information content (AvgIpc) is 2.49. The van der Waals surface area contributed by atoms with Gasteiger partial charge in [0.25, 0.3) is 5.91 Å². The first kappa shape index (κ1) is 21.3. The zero-order valence-electron chi connectivity index (χ0n) is 15.1. The van der Waals surface area contributed by atoms with Crippen LogP contribution in [-0.2, 0) is 9.53 Å². The zero-order chi connectivity index (χ0) is 19.0. The molecule has 0 heterocycles. The van der Waals surface area contributed by atoms with Gasteiger partial charge in [-0.2, -0.15) is 13.2 Å². The number of alkyl halides is 3. The maximum Gasteiger partial charge on any atom is 0.411 e. The van der Waals surface area contributed by atoms with Crippen LogP contribution in [0.1, 0.15) is 44.2 Å². The van der Waals surface area contributed by atoms with Crippen LogP contribution in [-0.4, -0.2) is 37.9 Å². The first-order chi connectivity index (χ1) is 11.6. The van der Waals surface area contributed by atoms with Gasteiger partial charge in [-0.25, -0.2) is 0 Å². The van der Waals surface area contributed by atoms with E-state index in [-0.39, 0.29) is 19.1 Å². The van der Waals surface area contributed by atoms with E-state index < -0.39 is 18.9 Å². The molecule has 0 bridgehead atoms. The van der Waals surface area contributed by atoms with Crippen molar-refractivity contribution < 1.29 is 27.4 Å². The maximum atomic E-state index is 11.9. The number of carbonyl (C=O) groups is 1. The molecule has 1 aromatic rings. The Kier molecular flexibility index (Phi) is 8.22. The highest BCUT2D eigenvalue weighted by atomic mass is 19.4. The number of halogens is 3. The first-order valence-corrected chi connectivity index (χ1v) is 8.29. The molecule has 1 unspecified atom stereocenters. The van der Waals surface area contributed by atoms with E-state index in [1.54, 1.807) is 6.92 Å². The molecule has 4 nitrogen and oxygen atoms in total. The summed E-state index contributed by atoms with van der Waals surface area (Å²) in [4.78, 5) is 11.9. The molecule has 0 fully saturated rings. The second-order valence-electron chi connectivity index (χ2n) is 6.25. The Morgan fingerprint density at radius 2 is 1.92 bits per heavy atom. The van der Waals surface area contributed by atoms with Gasteiger partial charge in [0.2, 0.25) is 0 Å². The molecule has 142 valence electrons. The largest absolute Gasteiger partial charge is 0.481 e. The van der Waals surface area contributed by atoms with Gasteiger partial charge < -0.3 is 14.8 Å². The molecule has 0 saturated heterocycles. The second-order valence-corrected chi connectivity index (χ2v) is 6.25. The van der Waals surface area contributed by atoms with Crippen molar-refractivity contribution in [3.05, 3.63) is 29.3 Å². The molecule has 0 aliphatic rings. The Morgan fingerprint density at radius 3 is 2.48 bits per heavy atom. The smallest absolute Gasteiger partial charge is 0.411 e. The lowest BCUT2D eigenvalue weighted by Gasteiger charge is -2.17. The third kappa shape index (κ3) is 8.25. The number of amides is 1. The number of carbonyl (C=O) groups excluding carboxylic acids is 1. The highest BCUT2D eigenvalue weighted by Gasteiger charge is 2.27. The number of ether oxygens (including phenoxy) is 2. The summed E-state index contributed by atoms with van der Waals surface area (Å²) in [7, 11) is 0. The summed E-state index contributed by atoms with van der Waals surface area (Å²) in [6, 6.07) is 5.71. The lowest BCUT2D eigenvalue weighted by molar-refractivity contribution is -0.174. The summed E-state index contributed by atoms with van der Waals surface area (Å²) in [6.07, 6.45) is -4.72. The van der Waals surface area contributed by atoms with E-state index in [0.717, 1.165) is 5.56 Å². The van der Waals surface area contributed by atoms with Crippen LogP contribution in [0.25, 0.3) is 0 Å². The van der Waals surface area contributed by atoms with Crippen molar-refractivity contribution in [3.8, 4) is 5.75 Å². The fraction of sp³-hybridized carbons (Fsp3) is 0.611. The molecular weight excluding hydrogens is 335 g/mol. The van der Waals surface area contributed by atoms with E-state index in [0.29, 0.717) is 18.1 Å². The first-order valence-electron chi connectivity index (χ1n) is 8.29. The van der Waals surface area contributed by atoms with Crippen LogP contribution in [0.4, 0.5) is 13.2 Å². The molecule has 25 heavy (non-hydrogen) atoms. The van der Waals surface area contributed by atoms with Gasteiger partial charge in [0, 0.05) is 13.2 Å². The van der Waals surface area contributed by atoms with Crippen molar-refractivity contribution in [2.24, 2.45) is 0 Å². The Balaban J connectivity index is 2.33. The number of benzene rings is 1. The van der Waals surface area contributed by atoms with Gasteiger partial charge in [-0.1, -0.05) is 19.9 Å². The Bertz CT molecular complexity index is 559. The highest BCUT2D eigenvalue weighted by Crippen LogP contribution is 2.24. The predicted octanol–water partition coefficient (Wildman–Crippen LogP) is 3.97. The third-order valence-electron chi connectivity index (χ3n) is 3.58. The molecule has 1 rings (SSSR count). The molecule has 1 N–H and O–H groups in total. The lowest BCUT2D eigenvalue weighted by atomic mass is 9.98. The molecule has 0 radical (unpaired) electrons. The Hall–Kier alpha value is -1.76. The number of nitrogens with one attached hydrogen (secondary N) is 1. The molecule has 0 aliphatic heterocycles. The summed E-state index contributed by atoms with van der Waals surface area (Å²) >= 11 is 0. The molecule has 1 aromatic carbocycles. The Labute approximate surface area is 146 Å². The minimum Gasteiger partial charge on any atom is -0.481 e. The van der Waals surface area contributed by atoms with E-state index in [2.05, 4.69) is 23.9 Å². The van der Waals surface area contributed by atoms with E-state index in [4.69, 9.17) is 4.74 Å². The van der Waals surface area contributed by atoms with E-state index in [9.17, 15) is 18.0 Å². The summed E-state index contributed by atoms with van der Waals surface area (Å²) in [5.41, 5.74) is 2.32. The molecule has 7 heteroatoms. The maximum absolute atomic E-state index is 11.9. The van der Waals surface area contributed by atoms with Crippen molar-refractivity contribution in [2.75, 3.05) is 19.8 Å². The second kappa shape index (κ2) is 9.65. The van der Waals surface area contributed by atoms with E-state index >= 15 is 0 Å². The van der Waals surface area contributed by atoms with Gasteiger partial charge in [0.1, 0.15) is 12.4 Å². The van der Waals surface area contributed by atoms with Crippen molar-refractivity contribution in [3.63, 3.8) is 0 Å². The van der Waals surface area contributed by atoms with Crippen molar-refractivity contribution >= 4 is 5.91 Å².